The van der Waals surface area contributed by atoms with E-state index in [9.17, 15) is 13.2 Å². The van der Waals surface area contributed by atoms with Crippen LogP contribution in [0.5, 0.6) is 0 Å². The zero-order chi connectivity index (χ0) is 14.2. The Morgan fingerprint density at radius 2 is 2.32 bits per heavy atom. The van der Waals surface area contributed by atoms with Gasteiger partial charge in [-0.25, -0.2) is 8.42 Å². The normalized spacial score (nSPS) is 24.7. The first-order valence-electron chi connectivity index (χ1n) is 5.96. The number of hydrogen-bond acceptors (Lipinski definition) is 5. The number of aromatic nitrogens is 1. The van der Waals surface area contributed by atoms with Gasteiger partial charge in [-0.1, -0.05) is 5.16 Å². The van der Waals surface area contributed by atoms with Crippen molar-refractivity contribution in [1.82, 2.24) is 9.46 Å². The van der Waals surface area contributed by atoms with Crippen LogP contribution in [0.3, 0.4) is 0 Å². The first-order valence-corrected chi connectivity index (χ1v) is 7.56. The first kappa shape index (κ1) is 14.0. The lowest BCUT2D eigenvalue weighted by atomic mass is 10.0. The van der Waals surface area contributed by atoms with Gasteiger partial charge in [0.25, 0.3) is 0 Å². The summed E-state index contributed by atoms with van der Waals surface area (Å²) in [5.41, 5.74) is 0.337. The summed E-state index contributed by atoms with van der Waals surface area (Å²) < 4.78 is 30.6. The molecule has 1 aliphatic rings. The van der Waals surface area contributed by atoms with Gasteiger partial charge in [-0.2, -0.15) is 4.31 Å². The predicted molar refractivity (Wildman–Crippen MR) is 65.8 cm³/mol. The molecule has 1 saturated heterocycles. The number of rotatable bonds is 4. The minimum atomic E-state index is -3.57. The molecule has 1 aromatic heterocycles. The largest absolute Gasteiger partial charge is 0.481 e. The molecular formula is C11H16N2O5S. The van der Waals surface area contributed by atoms with Gasteiger partial charge >= 0.3 is 5.97 Å². The molecule has 7 nitrogen and oxygen atoms in total. The van der Waals surface area contributed by atoms with E-state index in [1.807, 2.05) is 0 Å². The van der Waals surface area contributed by atoms with E-state index in [2.05, 4.69) is 5.16 Å². The average molecular weight is 288 g/mol. The van der Waals surface area contributed by atoms with Crippen LogP contribution < -0.4 is 0 Å². The van der Waals surface area contributed by atoms with Crippen molar-refractivity contribution in [2.75, 3.05) is 6.54 Å². The summed E-state index contributed by atoms with van der Waals surface area (Å²) >= 11 is 0. The fourth-order valence-electron chi connectivity index (χ4n) is 2.39. The SMILES string of the molecule is Cc1cc(CS(=O)(=O)N2CCC(C(=O)O)C2C)no1. The van der Waals surface area contributed by atoms with E-state index in [4.69, 9.17) is 9.63 Å². The van der Waals surface area contributed by atoms with Gasteiger partial charge in [0.05, 0.1) is 5.92 Å². The lowest BCUT2D eigenvalue weighted by molar-refractivity contribution is -0.142. The van der Waals surface area contributed by atoms with Gasteiger partial charge in [-0.05, 0) is 20.3 Å². The Labute approximate surface area is 111 Å². The molecule has 2 rings (SSSR count). The van der Waals surface area contributed by atoms with Crippen LogP contribution >= 0.6 is 0 Å². The lowest BCUT2D eigenvalue weighted by Crippen LogP contribution is -2.38. The van der Waals surface area contributed by atoms with Crippen LogP contribution in [0.15, 0.2) is 10.6 Å². The third kappa shape index (κ3) is 2.79. The summed E-state index contributed by atoms with van der Waals surface area (Å²) in [7, 11) is -3.57. The van der Waals surface area contributed by atoms with Gasteiger partial charge < -0.3 is 9.63 Å². The van der Waals surface area contributed by atoms with Gasteiger partial charge in [0.2, 0.25) is 10.0 Å². The van der Waals surface area contributed by atoms with E-state index in [1.165, 1.54) is 4.31 Å². The first-order chi connectivity index (χ1) is 8.81. The molecule has 0 amide bonds. The van der Waals surface area contributed by atoms with Crippen molar-refractivity contribution >= 4 is 16.0 Å². The van der Waals surface area contributed by atoms with Crippen molar-refractivity contribution in [2.45, 2.75) is 32.1 Å². The van der Waals surface area contributed by atoms with E-state index < -0.39 is 28.0 Å². The van der Waals surface area contributed by atoms with Crippen molar-refractivity contribution in [3.8, 4) is 0 Å². The van der Waals surface area contributed by atoms with E-state index in [0.717, 1.165) is 0 Å². The predicted octanol–water partition coefficient (Wildman–Crippen LogP) is 0.608. The molecule has 8 heteroatoms. The van der Waals surface area contributed by atoms with E-state index >= 15 is 0 Å². The average Bonchev–Trinajstić information content (AvgIpc) is 2.84. The summed E-state index contributed by atoms with van der Waals surface area (Å²) in [6.45, 7) is 3.54. The maximum Gasteiger partial charge on any atom is 0.308 e. The minimum absolute atomic E-state index is 0.233. The molecule has 1 aromatic rings. The number of carbonyl (C=O) groups is 1. The molecule has 1 N–H and O–H groups in total. The van der Waals surface area contributed by atoms with Crippen LogP contribution in [-0.4, -0.2) is 41.5 Å². The van der Waals surface area contributed by atoms with Crippen LogP contribution in [-0.2, 0) is 20.6 Å². The number of sulfonamides is 1. The van der Waals surface area contributed by atoms with Crippen molar-refractivity contribution in [2.24, 2.45) is 5.92 Å². The molecule has 1 aliphatic heterocycles. The Morgan fingerprint density at radius 1 is 1.63 bits per heavy atom. The van der Waals surface area contributed by atoms with Gasteiger partial charge in [0.1, 0.15) is 17.2 Å². The number of carboxylic acids is 1. The van der Waals surface area contributed by atoms with E-state index in [0.29, 0.717) is 17.9 Å². The Morgan fingerprint density at radius 3 is 2.79 bits per heavy atom. The summed E-state index contributed by atoms with van der Waals surface area (Å²) in [6, 6.07) is 1.03. The Kier molecular flexibility index (Phi) is 3.64. The zero-order valence-electron chi connectivity index (χ0n) is 10.7. The monoisotopic (exact) mass is 288 g/mol. The number of carboxylic acid groups (broad SMARTS) is 1. The highest BCUT2D eigenvalue weighted by atomic mass is 32.2. The molecule has 0 radical (unpaired) electrons. The summed E-state index contributed by atoms with van der Waals surface area (Å²) in [5.74, 6) is -1.32. The summed E-state index contributed by atoms with van der Waals surface area (Å²) in [6.07, 6.45) is 0.341. The summed E-state index contributed by atoms with van der Waals surface area (Å²) in [5, 5.41) is 12.7. The molecule has 2 heterocycles. The third-order valence-electron chi connectivity index (χ3n) is 3.38. The highest BCUT2D eigenvalue weighted by molar-refractivity contribution is 7.88. The fraction of sp³-hybridized carbons (Fsp3) is 0.636. The maximum absolute atomic E-state index is 12.2. The molecule has 0 aliphatic carbocycles. The van der Waals surface area contributed by atoms with Crippen LogP contribution in [0.1, 0.15) is 24.8 Å². The summed E-state index contributed by atoms with van der Waals surface area (Å²) in [4.78, 5) is 11.0. The van der Waals surface area contributed by atoms with Crippen LogP contribution in [0.2, 0.25) is 0 Å². The third-order valence-corrected chi connectivity index (χ3v) is 5.27. The number of hydrogen-bond donors (Lipinski definition) is 1. The van der Waals surface area contributed by atoms with Gasteiger partial charge in [0, 0.05) is 18.7 Å². The number of aryl methyl sites for hydroxylation is 1. The van der Waals surface area contributed by atoms with E-state index in [-0.39, 0.29) is 12.3 Å². The zero-order valence-corrected chi connectivity index (χ0v) is 11.6. The standard InChI is InChI=1S/C11H16N2O5S/c1-7-5-9(12-18-7)6-19(16,17)13-4-3-10(8(13)2)11(14)15/h5,8,10H,3-4,6H2,1-2H3,(H,14,15). The molecule has 0 saturated carbocycles. The molecule has 0 spiro atoms. The molecule has 106 valence electrons. The highest BCUT2D eigenvalue weighted by Gasteiger charge is 2.41. The number of nitrogens with zero attached hydrogens (tertiary/aromatic N) is 2. The van der Waals surface area contributed by atoms with Crippen molar-refractivity contribution in [3.05, 3.63) is 17.5 Å². The topological polar surface area (TPSA) is 101 Å². The van der Waals surface area contributed by atoms with Gasteiger partial charge in [-0.15, -0.1) is 0 Å². The Balaban J connectivity index is 2.15. The van der Waals surface area contributed by atoms with Crippen LogP contribution in [0, 0.1) is 12.8 Å². The lowest BCUT2D eigenvalue weighted by Gasteiger charge is -2.22. The molecule has 1 fully saturated rings. The Bertz CT molecular complexity index is 580. The molecular weight excluding hydrogens is 272 g/mol. The van der Waals surface area contributed by atoms with Crippen molar-refractivity contribution < 1.29 is 22.8 Å². The second-order valence-electron chi connectivity index (χ2n) is 4.77. The molecule has 19 heavy (non-hydrogen) atoms. The molecule has 2 unspecified atom stereocenters. The quantitative estimate of drug-likeness (QED) is 0.871. The van der Waals surface area contributed by atoms with Crippen molar-refractivity contribution in [3.63, 3.8) is 0 Å². The smallest absolute Gasteiger partial charge is 0.308 e. The second-order valence-corrected chi connectivity index (χ2v) is 6.69. The highest BCUT2D eigenvalue weighted by Crippen LogP contribution is 2.28. The minimum Gasteiger partial charge on any atom is -0.481 e. The maximum atomic E-state index is 12.2. The van der Waals surface area contributed by atoms with Gasteiger partial charge in [-0.3, -0.25) is 4.79 Å². The molecule has 2 atom stereocenters. The number of aliphatic carboxylic acids is 1. The van der Waals surface area contributed by atoms with Crippen molar-refractivity contribution in [1.29, 1.82) is 0 Å². The fourth-order valence-corrected chi connectivity index (χ4v) is 4.10. The van der Waals surface area contributed by atoms with Crippen LogP contribution in [0.25, 0.3) is 0 Å². The van der Waals surface area contributed by atoms with Crippen LogP contribution in [0.4, 0.5) is 0 Å². The van der Waals surface area contributed by atoms with E-state index in [1.54, 1.807) is 19.9 Å². The molecule has 0 bridgehead atoms. The second kappa shape index (κ2) is 4.93. The molecule has 0 aromatic carbocycles. The Hall–Kier alpha value is -1.41. The van der Waals surface area contributed by atoms with Gasteiger partial charge in [0.15, 0.2) is 0 Å².